The Labute approximate surface area is 78.7 Å². The van der Waals surface area contributed by atoms with E-state index in [4.69, 9.17) is 10.5 Å². The average Bonchev–Trinajstić information content (AvgIpc) is 2.85. The lowest BCUT2D eigenvalue weighted by molar-refractivity contribution is 0.340. The van der Waals surface area contributed by atoms with Gasteiger partial charge in [0, 0.05) is 12.0 Å². The summed E-state index contributed by atoms with van der Waals surface area (Å²) in [5.74, 6) is 1.54. The van der Waals surface area contributed by atoms with Gasteiger partial charge in [0.1, 0.15) is 5.75 Å². The van der Waals surface area contributed by atoms with Crippen LogP contribution in [0.4, 0.5) is 0 Å². The van der Waals surface area contributed by atoms with Gasteiger partial charge in [-0.25, -0.2) is 0 Å². The Balaban J connectivity index is 2.06. The number of hydrogen-bond donors (Lipinski definition) is 1. The molecule has 2 nitrogen and oxygen atoms in total. The summed E-state index contributed by atoms with van der Waals surface area (Å²) in [5.41, 5.74) is 7.11. The maximum Gasteiger partial charge on any atom is 0.119 e. The van der Waals surface area contributed by atoms with Crippen molar-refractivity contribution in [2.75, 3.05) is 6.61 Å². The van der Waals surface area contributed by atoms with E-state index < -0.39 is 0 Å². The first-order valence-electron chi connectivity index (χ1n) is 4.79. The Morgan fingerprint density at radius 2 is 2.00 bits per heavy atom. The molecule has 13 heavy (non-hydrogen) atoms. The standard InChI is InChI=1S/C11H15NO/c1-2-13-9-5-3-8(4-6-9)10-7-11(10)12/h3-6,10-11H,2,7,12H2,1H3. The second-order valence-corrected chi connectivity index (χ2v) is 3.51. The van der Waals surface area contributed by atoms with Crippen molar-refractivity contribution < 1.29 is 4.74 Å². The summed E-state index contributed by atoms with van der Waals surface area (Å²) >= 11 is 0. The monoisotopic (exact) mass is 177 g/mol. The van der Waals surface area contributed by atoms with Gasteiger partial charge in [0.05, 0.1) is 6.61 Å². The van der Waals surface area contributed by atoms with E-state index in [2.05, 4.69) is 12.1 Å². The largest absolute Gasteiger partial charge is 0.494 e. The van der Waals surface area contributed by atoms with Crippen molar-refractivity contribution in [1.82, 2.24) is 0 Å². The van der Waals surface area contributed by atoms with Crippen molar-refractivity contribution in [2.45, 2.75) is 25.3 Å². The number of ether oxygens (including phenoxy) is 1. The molecule has 1 aliphatic carbocycles. The fourth-order valence-corrected chi connectivity index (χ4v) is 1.58. The van der Waals surface area contributed by atoms with Crippen LogP contribution in [0.25, 0.3) is 0 Å². The summed E-state index contributed by atoms with van der Waals surface area (Å²) < 4.78 is 5.36. The van der Waals surface area contributed by atoms with Crippen LogP contribution >= 0.6 is 0 Å². The Hall–Kier alpha value is -1.02. The summed E-state index contributed by atoms with van der Waals surface area (Å²) in [7, 11) is 0. The van der Waals surface area contributed by atoms with E-state index in [0.29, 0.717) is 12.0 Å². The fourth-order valence-electron chi connectivity index (χ4n) is 1.58. The Morgan fingerprint density at radius 3 is 2.46 bits per heavy atom. The van der Waals surface area contributed by atoms with Gasteiger partial charge in [-0.2, -0.15) is 0 Å². The minimum atomic E-state index is 0.387. The van der Waals surface area contributed by atoms with E-state index >= 15 is 0 Å². The van der Waals surface area contributed by atoms with Gasteiger partial charge in [0.25, 0.3) is 0 Å². The zero-order valence-corrected chi connectivity index (χ0v) is 7.86. The molecule has 1 aromatic carbocycles. The summed E-state index contributed by atoms with van der Waals surface area (Å²) in [5, 5.41) is 0. The highest BCUT2D eigenvalue weighted by atomic mass is 16.5. The predicted molar refractivity (Wildman–Crippen MR) is 52.9 cm³/mol. The van der Waals surface area contributed by atoms with Gasteiger partial charge in [-0.3, -0.25) is 0 Å². The van der Waals surface area contributed by atoms with E-state index in [-0.39, 0.29) is 0 Å². The normalized spacial score (nSPS) is 25.7. The average molecular weight is 177 g/mol. The fraction of sp³-hybridized carbons (Fsp3) is 0.455. The molecule has 1 saturated carbocycles. The molecule has 1 aliphatic rings. The Morgan fingerprint density at radius 1 is 1.38 bits per heavy atom. The van der Waals surface area contributed by atoms with Crippen molar-refractivity contribution in [3.05, 3.63) is 29.8 Å². The van der Waals surface area contributed by atoms with Crippen LogP contribution in [-0.4, -0.2) is 12.6 Å². The highest BCUT2D eigenvalue weighted by Gasteiger charge is 2.34. The molecule has 2 unspecified atom stereocenters. The lowest BCUT2D eigenvalue weighted by Crippen LogP contribution is -2.00. The van der Waals surface area contributed by atoms with Crippen LogP contribution in [0.2, 0.25) is 0 Å². The smallest absolute Gasteiger partial charge is 0.119 e. The molecule has 0 saturated heterocycles. The van der Waals surface area contributed by atoms with Gasteiger partial charge in [-0.1, -0.05) is 12.1 Å². The van der Waals surface area contributed by atoms with Gasteiger partial charge < -0.3 is 10.5 Å². The quantitative estimate of drug-likeness (QED) is 0.765. The van der Waals surface area contributed by atoms with Gasteiger partial charge in [0.15, 0.2) is 0 Å². The molecule has 0 radical (unpaired) electrons. The first-order valence-corrected chi connectivity index (χ1v) is 4.79. The third-order valence-corrected chi connectivity index (χ3v) is 2.46. The Bertz CT molecular complexity index is 281. The molecule has 0 aliphatic heterocycles. The minimum Gasteiger partial charge on any atom is -0.494 e. The van der Waals surface area contributed by atoms with Crippen LogP contribution in [0.5, 0.6) is 5.75 Å². The predicted octanol–water partition coefficient (Wildman–Crippen LogP) is 1.90. The Kier molecular flexibility index (Phi) is 2.23. The zero-order chi connectivity index (χ0) is 9.26. The van der Waals surface area contributed by atoms with Crippen molar-refractivity contribution >= 4 is 0 Å². The molecule has 2 atom stereocenters. The van der Waals surface area contributed by atoms with Crippen LogP contribution in [0.3, 0.4) is 0 Å². The summed E-state index contributed by atoms with van der Waals surface area (Å²) in [6.07, 6.45) is 1.13. The first-order chi connectivity index (χ1) is 6.31. The molecule has 2 N–H and O–H groups in total. The molecule has 0 amide bonds. The minimum absolute atomic E-state index is 0.387. The van der Waals surface area contributed by atoms with Gasteiger partial charge in [-0.05, 0) is 31.0 Å². The zero-order valence-electron chi connectivity index (χ0n) is 7.86. The van der Waals surface area contributed by atoms with Crippen LogP contribution in [0.1, 0.15) is 24.8 Å². The molecule has 0 aromatic heterocycles. The third kappa shape index (κ3) is 1.83. The number of nitrogens with two attached hydrogens (primary N) is 1. The maximum absolute atomic E-state index is 5.76. The third-order valence-electron chi connectivity index (χ3n) is 2.46. The van der Waals surface area contributed by atoms with Crippen LogP contribution in [0.15, 0.2) is 24.3 Å². The van der Waals surface area contributed by atoms with E-state index in [1.165, 1.54) is 5.56 Å². The SMILES string of the molecule is CCOc1ccc(C2CC2N)cc1. The molecular formula is C11H15NO. The van der Waals surface area contributed by atoms with E-state index in [9.17, 15) is 0 Å². The molecule has 2 rings (SSSR count). The van der Waals surface area contributed by atoms with Crippen molar-refractivity contribution in [3.8, 4) is 5.75 Å². The number of benzene rings is 1. The summed E-state index contributed by atoms with van der Waals surface area (Å²) in [6, 6.07) is 8.65. The van der Waals surface area contributed by atoms with Crippen LogP contribution < -0.4 is 10.5 Å². The van der Waals surface area contributed by atoms with Crippen molar-refractivity contribution in [3.63, 3.8) is 0 Å². The molecular weight excluding hydrogens is 162 g/mol. The summed E-state index contributed by atoms with van der Waals surface area (Å²) in [4.78, 5) is 0. The number of hydrogen-bond acceptors (Lipinski definition) is 2. The van der Waals surface area contributed by atoms with Crippen molar-refractivity contribution in [2.24, 2.45) is 5.73 Å². The number of rotatable bonds is 3. The molecule has 0 heterocycles. The molecule has 1 aromatic rings. The topological polar surface area (TPSA) is 35.2 Å². The molecule has 0 bridgehead atoms. The highest BCUT2D eigenvalue weighted by molar-refractivity contribution is 5.33. The molecule has 2 heteroatoms. The van der Waals surface area contributed by atoms with E-state index in [0.717, 1.165) is 18.8 Å². The summed E-state index contributed by atoms with van der Waals surface area (Å²) in [6.45, 7) is 2.72. The van der Waals surface area contributed by atoms with Gasteiger partial charge in [0.2, 0.25) is 0 Å². The molecule has 70 valence electrons. The lowest BCUT2D eigenvalue weighted by atomic mass is 10.1. The lowest BCUT2D eigenvalue weighted by Gasteiger charge is -2.03. The maximum atomic E-state index is 5.76. The second-order valence-electron chi connectivity index (χ2n) is 3.51. The van der Waals surface area contributed by atoms with E-state index in [1.807, 2.05) is 19.1 Å². The van der Waals surface area contributed by atoms with E-state index in [1.54, 1.807) is 0 Å². The van der Waals surface area contributed by atoms with Crippen LogP contribution in [0, 0.1) is 0 Å². The van der Waals surface area contributed by atoms with Crippen molar-refractivity contribution in [1.29, 1.82) is 0 Å². The second kappa shape index (κ2) is 3.38. The molecule has 1 fully saturated rings. The first kappa shape index (κ1) is 8.57. The van der Waals surface area contributed by atoms with Gasteiger partial charge in [-0.15, -0.1) is 0 Å². The van der Waals surface area contributed by atoms with Crippen LogP contribution in [-0.2, 0) is 0 Å². The highest BCUT2D eigenvalue weighted by Crippen LogP contribution is 2.39. The van der Waals surface area contributed by atoms with Gasteiger partial charge >= 0.3 is 0 Å². The molecule has 0 spiro atoms.